The predicted molar refractivity (Wildman–Crippen MR) is 80.6 cm³/mol. The summed E-state index contributed by atoms with van der Waals surface area (Å²) in [6, 6.07) is 1.70. The van der Waals surface area contributed by atoms with Crippen LogP contribution in [-0.4, -0.2) is 63.7 Å². The molecule has 1 amide bonds. The second-order valence-electron chi connectivity index (χ2n) is 5.66. The molecule has 0 spiro atoms. The van der Waals surface area contributed by atoms with Gasteiger partial charge in [-0.25, -0.2) is 0 Å². The molecule has 9 nitrogen and oxygen atoms in total. The summed E-state index contributed by atoms with van der Waals surface area (Å²) in [5.74, 6) is 1.58. The first-order chi connectivity index (χ1) is 11.1. The third-order valence-corrected chi connectivity index (χ3v) is 3.66. The molecular weight excluding hydrogens is 300 g/mol. The highest BCUT2D eigenvalue weighted by atomic mass is 16.5. The second-order valence-corrected chi connectivity index (χ2v) is 5.66. The van der Waals surface area contributed by atoms with Gasteiger partial charge in [0, 0.05) is 39.2 Å². The van der Waals surface area contributed by atoms with Crippen LogP contribution in [0.1, 0.15) is 17.4 Å². The SMILES string of the molecule is Cc1cc(NC(=O)CN2CCN(Cc3noc(C)n3)CC2)on1. The summed E-state index contributed by atoms with van der Waals surface area (Å²) in [7, 11) is 0. The summed E-state index contributed by atoms with van der Waals surface area (Å²) in [5.41, 5.74) is 0.741. The van der Waals surface area contributed by atoms with Crippen molar-refractivity contribution in [1.82, 2.24) is 25.1 Å². The molecule has 9 heteroatoms. The van der Waals surface area contributed by atoms with E-state index < -0.39 is 0 Å². The van der Waals surface area contributed by atoms with Crippen LogP contribution >= 0.6 is 0 Å². The average molecular weight is 320 g/mol. The van der Waals surface area contributed by atoms with E-state index in [0.717, 1.165) is 31.9 Å². The zero-order chi connectivity index (χ0) is 16.2. The molecule has 2 aromatic heterocycles. The third-order valence-electron chi connectivity index (χ3n) is 3.66. The lowest BCUT2D eigenvalue weighted by Crippen LogP contribution is -2.48. The van der Waals surface area contributed by atoms with Crippen LogP contribution in [0.4, 0.5) is 5.88 Å². The molecule has 1 saturated heterocycles. The number of aromatic nitrogens is 3. The zero-order valence-corrected chi connectivity index (χ0v) is 13.3. The molecule has 0 radical (unpaired) electrons. The number of amides is 1. The molecule has 3 rings (SSSR count). The lowest BCUT2D eigenvalue weighted by atomic mass is 10.3. The van der Waals surface area contributed by atoms with Crippen molar-refractivity contribution in [2.75, 3.05) is 38.0 Å². The number of nitrogens with zero attached hydrogens (tertiary/aromatic N) is 5. The van der Waals surface area contributed by atoms with Gasteiger partial charge in [-0.15, -0.1) is 0 Å². The molecule has 23 heavy (non-hydrogen) atoms. The number of carbonyl (C=O) groups excluding carboxylic acids is 1. The van der Waals surface area contributed by atoms with Crippen molar-refractivity contribution in [3.63, 3.8) is 0 Å². The first kappa shape index (κ1) is 15.6. The van der Waals surface area contributed by atoms with Crippen LogP contribution in [0.5, 0.6) is 0 Å². The van der Waals surface area contributed by atoms with Gasteiger partial charge in [0.1, 0.15) is 0 Å². The molecule has 1 N–H and O–H groups in total. The Bertz CT molecular complexity index is 659. The van der Waals surface area contributed by atoms with E-state index in [1.807, 2.05) is 6.92 Å². The van der Waals surface area contributed by atoms with E-state index in [0.29, 0.717) is 30.7 Å². The van der Waals surface area contributed by atoms with Crippen LogP contribution in [0.15, 0.2) is 15.1 Å². The van der Waals surface area contributed by atoms with Gasteiger partial charge in [-0.1, -0.05) is 10.3 Å². The summed E-state index contributed by atoms with van der Waals surface area (Å²) in [4.78, 5) is 20.5. The quantitative estimate of drug-likeness (QED) is 0.846. The van der Waals surface area contributed by atoms with Crippen LogP contribution < -0.4 is 5.32 Å². The second kappa shape index (κ2) is 6.88. The normalized spacial score (nSPS) is 16.6. The Morgan fingerprint density at radius 3 is 2.52 bits per heavy atom. The topological polar surface area (TPSA) is 101 Å². The fraction of sp³-hybridized carbons (Fsp3) is 0.571. The predicted octanol–water partition coefficient (Wildman–Crippen LogP) is 0.431. The number of aryl methyl sites for hydroxylation is 2. The van der Waals surface area contributed by atoms with Crippen molar-refractivity contribution in [1.29, 1.82) is 0 Å². The lowest BCUT2D eigenvalue weighted by Gasteiger charge is -2.33. The van der Waals surface area contributed by atoms with Crippen molar-refractivity contribution in [2.24, 2.45) is 0 Å². The zero-order valence-electron chi connectivity index (χ0n) is 13.3. The van der Waals surface area contributed by atoms with E-state index in [1.54, 1.807) is 13.0 Å². The number of hydrogen-bond donors (Lipinski definition) is 1. The minimum absolute atomic E-state index is 0.0941. The van der Waals surface area contributed by atoms with Crippen molar-refractivity contribution in [3.8, 4) is 0 Å². The van der Waals surface area contributed by atoms with Gasteiger partial charge in [0.05, 0.1) is 18.8 Å². The molecule has 2 aromatic rings. The van der Waals surface area contributed by atoms with E-state index in [1.165, 1.54) is 0 Å². The maximum atomic E-state index is 12.0. The van der Waals surface area contributed by atoms with Gasteiger partial charge in [0.15, 0.2) is 5.82 Å². The molecule has 124 valence electrons. The van der Waals surface area contributed by atoms with Gasteiger partial charge < -0.3 is 9.05 Å². The smallest absolute Gasteiger partial charge is 0.240 e. The van der Waals surface area contributed by atoms with Crippen LogP contribution in [0.25, 0.3) is 0 Å². The standard InChI is InChI=1S/C14H20N6O3/c1-10-7-14(23-17-10)16-13(21)9-20-5-3-19(4-6-20)8-12-15-11(2)22-18-12/h7H,3-6,8-9H2,1-2H3,(H,16,21). The summed E-state index contributed by atoms with van der Waals surface area (Å²) < 4.78 is 9.95. The minimum Gasteiger partial charge on any atom is -0.340 e. The Balaban J connectivity index is 1.41. The number of nitrogens with one attached hydrogen (secondary N) is 1. The van der Waals surface area contributed by atoms with Crippen LogP contribution in [0.2, 0.25) is 0 Å². The number of anilines is 1. The maximum Gasteiger partial charge on any atom is 0.240 e. The van der Waals surface area contributed by atoms with Gasteiger partial charge >= 0.3 is 0 Å². The van der Waals surface area contributed by atoms with Gasteiger partial charge in [0.25, 0.3) is 0 Å². The molecule has 1 aliphatic rings. The summed E-state index contributed by atoms with van der Waals surface area (Å²) in [6.45, 7) is 7.97. The van der Waals surface area contributed by atoms with Crippen molar-refractivity contribution in [2.45, 2.75) is 20.4 Å². The first-order valence-corrected chi connectivity index (χ1v) is 7.55. The molecule has 0 unspecified atom stereocenters. The lowest BCUT2D eigenvalue weighted by molar-refractivity contribution is -0.117. The number of hydrogen-bond acceptors (Lipinski definition) is 8. The van der Waals surface area contributed by atoms with Crippen molar-refractivity contribution >= 4 is 11.8 Å². The molecule has 0 bridgehead atoms. The molecule has 0 saturated carbocycles. The molecule has 3 heterocycles. The van der Waals surface area contributed by atoms with Gasteiger partial charge in [-0.05, 0) is 6.92 Å². The molecular formula is C14H20N6O3. The van der Waals surface area contributed by atoms with Crippen molar-refractivity contribution in [3.05, 3.63) is 23.5 Å². The maximum absolute atomic E-state index is 12.0. The van der Waals surface area contributed by atoms with Crippen LogP contribution in [-0.2, 0) is 11.3 Å². The molecule has 1 fully saturated rings. The Labute approximate surface area is 133 Å². The number of piperazine rings is 1. The Morgan fingerprint density at radius 2 is 1.91 bits per heavy atom. The van der Waals surface area contributed by atoms with Gasteiger partial charge in [-0.2, -0.15) is 4.98 Å². The van der Waals surface area contributed by atoms with Crippen LogP contribution in [0.3, 0.4) is 0 Å². The molecule has 0 atom stereocenters. The van der Waals surface area contributed by atoms with Crippen molar-refractivity contribution < 1.29 is 13.8 Å². The van der Waals surface area contributed by atoms with Gasteiger partial charge in [-0.3, -0.25) is 19.9 Å². The summed E-state index contributed by atoms with van der Waals surface area (Å²) in [5, 5.41) is 10.4. The third kappa shape index (κ3) is 4.36. The molecule has 1 aliphatic heterocycles. The fourth-order valence-electron chi connectivity index (χ4n) is 2.51. The number of carbonyl (C=O) groups is 1. The Morgan fingerprint density at radius 1 is 1.17 bits per heavy atom. The largest absolute Gasteiger partial charge is 0.340 e. The monoisotopic (exact) mass is 320 g/mol. The van der Waals surface area contributed by atoms with Crippen LogP contribution in [0, 0.1) is 13.8 Å². The number of rotatable bonds is 5. The molecule has 0 aromatic carbocycles. The minimum atomic E-state index is -0.0941. The summed E-state index contributed by atoms with van der Waals surface area (Å²) >= 11 is 0. The van der Waals surface area contributed by atoms with E-state index in [4.69, 9.17) is 9.05 Å². The Hall–Kier alpha value is -2.26. The highest BCUT2D eigenvalue weighted by Crippen LogP contribution is 2.09. The molecule has 0 aliphatic carbocycles. The van der Waals surface area contributed by atoms with E-state index in [-0.39, 0.29) is 5.91 Å². The average Bonchev–Trinajstić information content (AvgIpc) is 3.10. The fourth-order valence-corrected chi connectivity index (χ4v) is 2.51. The van der Waals surface area contributed by atoms with E-state index in [2.05, 4.69) is 30.4 Å². The van der Waals surface area contributed by atoms with Gasteiger partial charge in [0.2, 0.25) is 17.7 Å². The van der Waals surface area contributed by atoms with E-state index >= 15 is 0 Å². The highest BCUT2D eigenvalue weighted by Gasteiger charge is 2.20. The summed E-state index contributed by atoms with van der Waals surface area (Å²) in [6.07, 6.45) is 0. The first-order valence-electron chi connectivity index (χ1n) is 7.55. The van der Waals surface area contributed by atoms with E-state index in [9.17, 15) is 4.79 Å². The Kier molecular flexibility index (Phi) is 4.68. The highest BCUT2D eigenvalue weighted by molar-refractivity contribution is 5.90.